The fourth-order valence-corrected chi connectivity index (χ4v) is 4.08. The van der Waals surface area contributed by atoms with Crippen molar-refractivity contribution < 1.29 is 0 Å². The number of para-hydroxylation sites is 1. The van der Waals surface area contributed by atoms with Crippen molar-refractivity contribution in [2.45, 2.75) is 0 Å². The van der Waals surface area contributed by atoms with Crippen LogP contribution in [0, 0.1) is 0 Å². The van der Waals surface area contributed by atoms with Gasteiger partial charge in [-0.05, 0) is 69.9 Å². The molecule has 0 saturated carbocycles. The SMILES string of the molecule is c1cnc2ccc(-c3ccc4cc(-c5cc6ccccc6[nH]5)ccc4c3)cc2c1. The molecule has 0 aliphatic rings. The van der Waals surface area contributed by atoms with E-state index in [1.807, 2.05) is 12.3 Å². The highest BCUT2D eigenvalue weighted by Crippen LogP contribution is 2.30. The van der Waals surface area contributed by atoms with Crippen molar-refractivity contribution in [2.75, 3.05) is 0 Å². The first-order valence-electron chi connectivity index (χ1n) is 9.81. The second kappa shape index (κ2) is 6.32. The smallest absolute Gasteiger partial charge is 0.0702 e. The average molecular weight is 370 g/mol. The quantitative estimate of drug-likeness (QED) is 0.343. The minimum atomic E-state index is 1.03. The molecule has 0 bridgehead atoms. The second-order valence-corrected chi connectivity index (χ2v) is 7.46. The molecule has 2 aromatic heterocycles. The third-order valence-corrected chi connectivity index (χ3v) is 5.62. The average Bonchev–Trinajstić information content (AvgIpc) is 3.22. The van der Waals surface area contributed by atoms with Gasteiger partial charge in [0.2, 0.25) is 0 Å². The third-order valence-electron chi connectivity index (χ3n) is 5.62. The molecular weight excluding hydrogens is 352 g/mol. The maximum Gasteiger partial charge on any atom is 0.0702 e. The van der Waals surface area contributed by atoms with Gasteiger partial charge < -0.3 is 4.98 Å². The van der Waals surface area contributed by atoms with Gasteiger partial charge in [-0.1, -0.05) is 54.6 Å². The van der Waals surface area contributed by atoms with Gasteiger partial charge in [-0.3, -0.25) is 4.98 Å². The molecule has 0 aliphatic carbocycles. The van der Waals surface area contributed by atoms with Crippen molar-refractivity contribution in [1.82, 2.24) is 9.97 Å². The predicted molar refractivity (Wildman–Crippen MR) is 122 cm³/mol. The molecule has 2 nitrogen and oxygen atoms in total. The van der Waals surface area contributed by atoms with Crippen molar-refractivity contribution in [1.29, 1.82) is 0 Å². The molecule has 0 spiro atoms. The summed E-state index contributed by atoms with van der Waals surface area (Å²) in [6, 6.07) is 34.5. The van der Waals surface area contributed by atoms with E-state index in [-0.39, 0.29) is 0 Å². The maximum absolute atomic E-state index is 4.42. The van der Waals surface area contributed by atoms with Gasteiger partial charge in [-0.15, -0.1) is 0 Å². The lowest BCUT2D eigenvalue weighted by atomic mass is 9.98. The van der Waals surface area contributed by atoms with E-state index in [0.717, 1.165) is 11.2 Å². The zero-order valence-electron chi connectivity index (χ0n) is 15.8. The molecule has 2 heterocycles. The van der Waals surface area contributed by atoms with Crippen molar-refractivity contribution in [2.24, 2.45) is 0 Å². The van der Waals surface area contributed by atoms with Crippen LogP contribution < -0.4 is 0 Å². The van der Waals surface area contributed by atoms with Crippen LogP contribution in [0.2, 0.25) is 0 Å². The summed E-state index contributed by atoms with van der Waals surface area (Å²) >= 11 is 0. The zero-order valence-corrected chi connectivity index (χ0v) is 15.8. The molecule has 0 fully saturated rings. The zero-order chi connectivity index (χ0) is 19.2. The van der Waals surface area contributed by atoms with Gasteiger partial charge >= 0.3 is 0 Å². The Morgan fingerprint density at radius 3 is 2.07 bits per heavy atom. The number of nitrogens with zero attached hydrogens (tertiary/aromatic N) is 1. The summed E-state index contributed by atoms with van der Waals surface area (Å²) in [4.78, 5) is 7.94. The van der Waals surface area contributed by atoms with Crippen molar-refractivity contribution in [3.8, 4) is 22.4 Å². The number of hydrogen-bond donors (Lipinski definition) is 1. The predicted octanol–water partition coefficient (Wildman–Crippen LogP) is 7.20. The molecular formula is C27H18N2. The van der Waals surface area contributed by atoms with Gasteiger partial charge in [0.05, 0.1) is 5.52 Å². The first-order chi connectivity index (χ1) is 14.3. The highest BCUT2D eigenvalue weighted by Gasteiger charge is 2.06. The van der Waals surface area contributed by atoms with Crippen LogP contribution in [0.4, 0.5) is 0 Å². The largest absolute Gasteiger partial charge is 0.355 e. The van der Waals surface area contributed by atoms with E-state index in [1.165, 1.54) is 43.8 Å². The second-order valence-electron chi connectivity index (χ2n) is 7.46. The minimum absolute atomic E-state index is 1.03. The number of benzene rings is 4. The number of hydrogen-bond acceptors (Lipinski definition) is 1. The summed E-state index contributed by atoms with van der Waals surface area (Å²) < 4.78 is 0. The molecule has 2 heteroatoms. The van der Waals surface area contributed by atoms with Crippen LogP contribution in [0.15, 0.2) is 103 Å². The lowest BCUT2D eigenvalue weighted by molar-refractivity contribution is 1.41. The van der Waals surface area contributed by atoms with Gasteiger partial charge in [-0.25, -0.2) is 0 Å². The highest BCUT2D eigenvalue weighted by molar-refractivity contribution is 5.93. The molecule has 0 atom stereocenters. The first kappa shape index (κ1) is 16.1. The van der Waals surface area contributed by atoms with Gasteiger partial charge in [0, 0.05) is 28.2 Å². The number of aromatic nitrogens is 2. The maximum atomic E-state index is 4.42. The molecule has 0 radical (unpaired) electrons. The standard InChI is InChI=1S/C27H18N2/c1-2-6-26-23(4-1)17-27(29-26)24-10-9-19-14-18(7-8-20(19)16-24)21-11-12-25-22(15-21)5-3-13-28-25/h1-17,29H. The Kier molecular flexibility index (Phi) is 3.50. The summed E-state index contributed by atoms with van der Waals surface area (Å²) in [7, 11) is 0. The van der Waals surface area contributed by atoms with Crippen LogP contribution in [0.25, 0.3) is 55.0 Å². The number of rotatable bonds is 2. The van der Waals surface area contributed by atoms with Crippen LogP contribution in [0.5, 0.6) is 0 Å². The van der Waals surface area contributed by atoms with Crippen LogP contribution in [0.1, 0.15) is 0 Å². The van der Waals surface area contributed by atoms with Crippen LogP contribution in [-0.4, -0.2) is 9.97 Å². The number of H-pyrrole nitrogens is 1. The molecule has 0 amide bonds. The van der Waals surface area contributed by atoms with Gasteiger partial charge in [0.1, 0.15) is 0 Å². The molecule has 6 rings (SSSR count). The Morgan fingerprint density at radius 2 is 1.21 bits per heavy atom. The van der Waals surface area contributed by atoms with Gasteiger partial charge in [0.25, 0.3) is 0 Å². The molecule has 136 valence electrons. The van der Waals surface area contributed by atoms with E-state index in [9.17, 15) is 0 Å². The summed E-state index contributed by atoms with van der Waals surface area (Å²) in [5.41, 5.74) is 7.00. The van der Waals surface area contributed by atoms with Crippen LogP contribution in [0.3, 0.4) is 0 Å². The molecule has 1 N–H and O–H groups in total. The monoisotopic (exact) mass is 370 g/mol. The van der Waals surface area contributed by atoms with Crippen molar-refractivity contribution >= 4 is 32.6 Å². The van der Waals surface area contributed by atoms with E-state index in [2.05, 4.69) is 101 Å². The van der Waals surface area contributed by atoms with E-state index in [1.54, 1.807) is 0 Å². The minimum Gasteiger partial charge on any atom is -0.355 e. The molecule has 0 aliphatic heterocycles. The number of fused-ring (bicyclic) bond motifs is 3. The van der Waals surface area contributed by atoms with Crippen LogP contribution in [-0.2, 0) is 0 Å². The normalized spacial score (nSPS) is 11.4. The van der Waals surface area contributed by atoms with E-state index >= 15 is 0 Å². The first-order valence-corrected chi connectivity index (χ1v) is 9.81. The Morgan fingerprint density at radius 1 is 0.517 bits per heavy atom. The molecule has 0 saturated heterocycles. The number of aromatic amines is 1. The van der Waals surface area contributed by atoms with E-state index < -0.39 is 0 Å². The third kappa shape index (κ3) is 2.77. The Bertz CT molecular complexity index is 1470. The van der Waals surface area contributed by atoms with Gasteiger partial charge in [-0.2, -0.15) is 0 Å². The topological polar surface area (TPSA) is 28.7 Å². The Balaban J connectivity index is 1.42. The van der Waals surface area contributed by atoms with E-state index in [4.69, 9.17) is 0 Å². The summed E-state index contributed by atoms with van der Waals surface area (Å²) in [5.74, 6) is 0. The summed E-state index contributed by atoms with van der Waals surface area (Å²) in [5, 5.41) is 4.89. The fraction of sp³-hybridized carbons (Fsp3) is 0. The summed E-state index contributed by atoms with van der Waals surface area (Å²) in [6.07, 6.45) is 1.84. The lowest BCUT2D eigenvalue weighted by Crippen LogP contribution is -1.83. The number of pyridine rings is 1. The van der Waals surface area contributed by atoms with Crippen molar-refractivity contribution in [3.63, 3.8) is 0 Å². The van der Waals surface area contributed by atoms with E-state index in [0.29, 0.717) is 0 Å². The molecule has 0 unspecified atom stereocenters. The summed E-state index contributed by atoms with van der Waals surface area (Å²) in [6.45, 7) is 0. The Hall–Kier alpha value is -3.91. The van der Waals surface area contributed by atoms with Gasteiger partial charge in [0.15, 0.2) is 0 Å². The molecule has 6 aromatic rings. The molecule has 29 heavy (non-hydrogen) atoms. The van der Waals surface area contributed by atoms with Crippen LogP contribution >= 0.6 is 0 Å². The van der Waals surface area contributed by atoms with Crippen molar-refractivity contribution in [3.05, 3.63) is 103 Å². The number of nitrogens with one attached hydrogen (secondary N) is 1. The Labute approximate surface area is 168 Å². The molecule has 4 aromatic carbocycles. The lowest BCUT2D eigenvalue weighted by Gasteiger charge is -2.07. The fourth-order valence-electron chi connectivity index (χ4n) is 4.08. The highest BCUT2D eigenvalue weighted by atomic mass is 14.7.